The summed E-state index contributed by atoms with van der Waals surface area (Å²) in [5.41, 5.74) is 2.64. The summed E-state index contributed by atoms with van der Waals surface area (Å²) < 4.78 is 5.48. The van der Waals surface area contributed by atoms with E-state index in [-0.39, 0.29) is 12.5 Å². The maximum Gasteiger partial charge on any atom is 0.266 e. The molecule has 1 aromatic carbocycles. The van der Waals surface area contributed by atoms with Gasteiger partial charge in [0, 0.05) is 29.0 Å². The third-order valence-corrected chi connectivity index (χ3v) is 3.05. The maximum atomic E-state index is 11.8. The first-order chi connectivity index (χ1) is 10.0. The highest BCUT2D eigenvalue weighted by molar-refractivity contribution is 6.24. The number of carbonyl (C=O) groups excluding carboxylic acids is 1. The Morgan fingerprint density at radius 1 is 1.48 bits per heavy atom. The zero-order chi connectivity index (χ0) is 15.4. The second-order valence-corrected chi connectivity index (χ2v) is 4.59. The van der Waals surface area contributed by atoms with Gasteiger partial charge < -0.3 is 9.94 Å². The molecule has 0 bridgehead atoms. The number of hydrogen-bond donors (Lipinski definition) is 2. The molecule has 0 atom stereocenters. The van der Waals surface area contributed by atoms with E-state index in [4.69, 9.17) is 21.7 Å². The summed E-state index contributed by atoms with van der Waals surface area (Å²) in [5, 5.41) is 12.8. The number of rotatable bonds is 5. The lowest BCUT2D eigenvalue weighted by Crippen LogP contribution is -2.17. The van der Waals surface area contributed by atoms with E-state index in [0.29, 0.717) is 16.0 Å². The zero-order valence-electron chi connectivity index (χ0n) is 11.3. The van der Waals surface area contributed by atoms with Gasteiger partial charge in [-0.2, -0.15) is 0 Å². The molecule has 2 N–H and O–H groups in total. The van der Waals surface area contributed by atoms with Gasteiger partial charge >= 0.3 is 0 Å². The van der Waals surface area contributed by atoms with Crippen LogP contribution in [0, 0.1) is 0 Å². The van der Waals surface area contributed by atoms with Gasteiger partial charge in [-0.1, -0.05) is 29.4 Å². The molecule has 0 aliphatic heterocycles. The van der Waals surface area contributed by atoms with Crippen LogP contribution in [0.5, 0.6) is 5.88 Å². The van der Waals surface area contributed by atoms with Gasteiger partial charge in [0.2, 0.25) is 5.88 Å². The van der Waals surface area contributed by atoms with E-state index >= 15 is 0 Å². The van der Waals surface area contributed by atoms with Crippen molar-refractivity contribution in [1.82, 2.24) is 14.8 Å². The number of allylic oxidation sites excluding steroid dienone is 1. The minimum Gasteiger partial charge on any atom is -0.472 e. The lowest BCUT2D eigenvalue weighted by molar-refractivity contribution is 0.0978. The van der Waals surface area contributed by atoms with Gasteiger partial charge in [-0.25, -0.2) is 0 Å². The second kappa shape index (κ2) is 6.32. The van der Waals surface area contributed by atoms with Crippen molar-refractivity contribution in [2.75, 3.05) is 0 Å². The highest BCUT2D eigenvalue weighted by Crippen LogP contribution is 2.23. The number of amides is 1. The first kappa shape index (κ1) is 14.9. The Labute approximate surface area is 126 Å². The number of ether oxygens (including phenoxy) is 1. The van der Waals surface area contributed by atoms with Gasteiger partial charge in [-0.15, -0.1) is 4.85 Å². The molecular formula is C14H14ClN3O3. The van der Waals surface area contributed by atoms with E-state index < -0.39 is 5.91 Å². The van der Waals surface area contributed by atoms with Gasteiger partial charge in [-0.3, -0.25) is 9.63 Å². The molecule has 110 valence electrons. The van der Waals surface area contributed by atoms with Crippen molar-refractivity contribution < 1.29 is 14.7 Å². The van der Waals surface area contributed by atoms with E-state index in [1.807, 2.05) is 13.0 Å². The summed E-state index contributed by atoms with van der Waals surface area (Å²) in [6, 6.07) is 6.74. The van der Waals surface area contributed by atoms with Crippen LogP contribution in [-0.4, -0.2) is 21.1 Å². The average Bonchev–Trinajstić information content (AvgIpc) is 2.89. The fourth-order valence-corrected chi connectivity index (χ4v) is 2.03. The van der Waals surface area contributed by atoms with Gasteiger partial charge in [0.25, 0.3) is 5.91 Å². The van der Waals surface area contributed by atoms with Gasteiger partial charge in [-0.05, 0) is 18.6 Å². The summed E-state index contributed by atoms with van der Waals surface area (Å²) in [5.74, 6) is -0.183. The lowest BCUT2D eigenvalue weighted by Gasteiger charge is -2.13. The van der Waals surface area contributed by atoms with E-state index in [9.17, 15) is 4.79 Å². The zero-order valence-corrected chi connectivity index (χ0v) is 12.1. The number of hydrogen-bond acceptors (Lipinski definition) is 4. The van der Waals surface area contributed by atoms with Crippen LogP contribution in [0.3, 0.4) is 0 Å². The molecule has 0 fully saturated rings. The Morgan fingerprint density at radius 2 is 2.19 bits per heavy atom. The number of nitrogens with one attached hydrogen (secondary N) is 1. The summed E-state index contributed by atoms with van der Waals surface area (Å²) in [4.78, 5) is 14.6. The lowest BCUT2D eigenvalue weighted by atomic mass is 9.97. The normalized spacial score (nSPS) is 10.2. The molecule has 7 heteroatoms. The first-order valence-electron chi connectivity index (χ1n) is 6.09. The monoisotopic (exact) mass is 307 g/mol. The molecule has 1 aromatic heterocycles. The van der Waals surface area contributed by atoms with Gasteiger partial charge in [0.15, 0.2) is 0 Å². The molecule has 0 saturated carbocycles. The van der Waals surface area contributed by atoms with Crippen molar-refractivity contribution in [3.63, 3.8) is 0 Å². The molecule has 0 saturated heterocycles. The third-order valence-electron chi connectivity index (χ3n) is 2.88. The summed E-state index contributed by atoms with van der Waals surface area (Å²) in [7, 11) is 0. The van der Waals surface area contributed by atoms with E-state index in [1.54, 1.807) is 12.1 Å². The van der Waals surface area contributed by atoms with E-state index in [0.717, 1.165) is 11.1 Å². The predicted molar refractivity (Wildman–Crippen MR) is 78.2 cm³/mol. The van der Waals surface area contributed by atoms with E-state index in [2.05, 4.69) is 16.5 Å². The van der Waals surface area contributed by atoms with Crippen LogP contribution >= 0.6 is 11.8 Å². The van der Waals surface area contributed by atoms with Crippen molar-refractivity contribution in [2.45, 2.75) is 13.5 Å². The number of carbonyl (C=O) groups is 1. The standard InChI is InChI=1S/C14H14ClN3O3/c1-9(2)10-4-3-5-11(14(19)16-15)12(10)8-21-13-6-7-18(20)17-13/h3-7,20H,1,8H2,2H3,(H,16,19). The fourth-order valence-electron chi connectivity index (χ4n) is 1.93. The van der Waals surface area contributed by atoms with Crippen molar-refractivity contribution in [3.05, 3.63) is 53.7 Å². The topological polar surface area (TPSA) is 76.4 Å². The fraction of sp³-hybridized carbons (Fsp3) is 0.143. The van der Waals surface area contributed by atoms with Crippen LogP contribution < -0.4 is 9.57 Å². The molecule has 6 nitrogen and oxygen atoms in total. The molecule has 2 aromatic rings. The number of halogens is 1. The third kappa shape index (κ3) is 3.35. The predicted octanol–water partition coefficient (Wildman–Crippen LogP) is 2.62. The quantitative estimate of drug-likeness (QED) is 0.657. The highest BCUT2D eigenvalue weighted by Gasteiger charge is 2.16. The minimum atomic E-state index is -0.425. The molecule has 0 spiro atoms. The van der Waals surface area contributed by atoms with E-state index in [1.165, 1.54) is 12.3 Å². The number of benzene rings is 1. The molecule has 1 heterocycles. The van der Waals surface area contributed by atoms with Gasteiger partial charge in [0.1, 0.15) is 6.61 Å². The van der Waals surface area contributed by atoms with Crippen LogP contribution in [0.25, 0.3) is 5.57 Å². The maximum absolute atomic E-state index is 11.8. The summed E-state index contributed by atoms with van der Waals surface area (Å²) in [6.07, 6.45) is 1.34. The van der Waals surface area contributed by atoms with Crippen LogP contribution in [0.4, 0.5) is 0 Å². The van der Waals surface area contributed by atoms with Crippen LogP contribution in [-0.2, 0) is 6.61 Å². The largest absolute Gasteiger partial charge is 0.472 e. The summed E-state index contributed by atoms with van der Waals surface area (Å²) in [6.45, 7) is 5.83. The Kier molecular flexibility index (Phi) is 4.49. The van der Waals surface area contributed by atoms with Gasteiger partial charge in [0.05, 0.1) is 6.20 Å². The Bertz CT molecular complexity index is 682. The molecule has 0 unspecified atom stereocenters. The molecule has 0 aliphatic carbocycles. The SMILES string of the molecule is C=C(C)c1cccc(C(=O)NCl)c1COc1ccn(O)n1. The molecule has 1 amide bonds. The average molecular weight is 308 g/mol. The Hall–Kier alpha value is -2.47. The molecule has 0 aliphatic rings. The highest BCUT2D eigenvalue weighted by atomic mass is 35.5. The number of aromatic nitrogens is 2. The molecule has 21 heavy (non-hydrogen) atoms. The molecule has 0 radical (unpaired) electrons. The summed E-state index contributed by atoms with van der Waals surface area (Å²) >= 11 is 5.40. The first-order valence-corrected chi connectivity index (χ1v) is 6.47. The molecule has 2 rings (SSSR count). The van der Waals surface area contributed by atoms with Crippen LogP contribution in [0.15, 0.2) is 37.0 Å². The molecular weight excluding hydrogens is 294 g/mol. The van der Waals surface area contributed by atoms with Crippen molar-refractivity contribution in [2.24, 2.45) is 0 Å². The van der Waals surface area contributed by atoms with Crippen LogP contribution in [0.1, 0.15) is 28.4 Å². The van der Waals surface area contributed by atoms with Crippen molar-refractivity contribution in [1.29, 1.82) is 0 Å². The van der Waals surface area contributed by atoms with Crippen molar-refractivity contribution in [3.8, 4) is 5.88 Å². The Balaban J connectivity index is 2.34. The number of nitrogens with zero attached hydrogens (tertiary/aromatic N) is 2. The second-order valence-electron chi connectivity index (χ2n) is 4.40. The van der Waals surface area contributed by atoms with Crippen LogP contribution in [0.2, 0.25) is 0 Å². The smallest absolute Gasteiger partial charge is 0.266 e. The minimum absolute atomic E-state index is 0.0969. The Morgan fingerprint density at radius 3 is 2.76 bits per heavy atom. The van der Waals surface area contributed by atoms with Crippen molar-refractivity contribution >= 4 is 23.3 Å².